The number of nitrogens with zero attached hydrogens (tertiary/aromatic N) is 3. The van der Waals surface area contributed by atoms with Crippen molar-refractivity contribution in [3.05, 3.63) is 65.5 Å². The number of benzene rings is 1. The molecule has 4 nitrogen and oxygen atoms in total. The number of thioether (sulfide) groups is 2. The summed E-state index contributed by atoms with van der Waals surface area (Å²) in [6, 6.07) is 12.4. The van der Waals surface area contributed by atoms with E-state index in [9.17, 15) is 4.79 Å². The molecule has 0 bridgehead atoms. The van der Waals surface area contributed by atoms with Gasteiger partial charge in [-0.25, -0.2) is 0 Å². The molecule has 3 heterocycles. The molecule has 0 saturated carbocycles. The molecular formula is C21H25N3OS2. The maximum absolute atomic E-state index is 12.8. The van der Waals surface area contributed by atoms with Crippen molar-refractivity contribution in [1.29, 1.82) is 0 Å². The molecule has 2 aliphatic heterocycles. The Morgan fingerprint density at radius 1 is 0.963 bits per heavy atom. The van der Waals surface area contributed by atoms with Gasteiger partial charge in [-0.1, -0.05) is 12.1 Å². The van der Waals surface area contributed by atoms with E-state index in [4.69, 9.17) is 0 Å². The largest absolute Gasteiger partial charge is 0.336 e. The van der Waals surface area contributed by atoms with Crippen LogP contribution in [-0.4, -0.2) is 58.4 Å². The van der Waals surface area contributed by atoms with Gasteiger partial charge in [-0.3, -0.25) is 14.7 Å². The van der Waals surface area contributed by atoms with E-state index >= 15 is 0 Å². The van der Waals surface area contributed by atoms with Crippen molar-refractivity contribution >= 4 is 29.4 Å². The first-order valence-corrected chi connectivity index (χ1v) is 11.6. The lowest BCUT2D eigenvalue weighted by Crippen LogP contribution is -2.48. The summed E-state index contributed by atoms with van der Waals surface area (Å²) in [5.41, 5.74) is 3.43. The number of hydrogen-bond acceptors (Lipinski definition) is 5. The minimum absolute atomic E-state index is 0.161. The van der Waals surface area contributed by atoms with Crippen LogP contribution in [-0.2, 0) is 6.54 Å². The summed E-state index contributed by atoms with van der Waals surface area (Å²) < 4.78 is 0.527. The van der Waals surface area contributed by atoms with Crippen molar-refractivity contribution in [2.24, 2.45) is 0 Å². The number of carbonyl (C=O) groups excluding carboxylic acids is 1. The molecule has 0 atom stereocenters. The van der Waals surface area contributed by atoms with Crippen LogP contribution in [0.2, 0.25) is 0 Å². The van der Waals surface area contributed by atoms with Crippen molar-refractivity contribution in [2.45, 2.75) is 17.5 Å². The van der Waals surface area contributed by atoms with Gasteiger partial charge < -0.3 is 4.90 Å². The molecule has 2 saturated heterocycles. The van der Waals surface area contributed by atoms with Crippen LogP contribution in [0.4, 0.5) is 0 Å². The van der Waals surface area contributed by atoms with E-state index < -0.39 is 0 Å². The molecule has 0 spiro atoms. The maximum Gasteiger partial charge on any atom is 0.253 e. The first kappa shape index (κ1) is 18.8. The number of carbonyl (C=O) groups is 1. The lowest BCUT2D eigenvalue weighted by molar-refractivity contribution is 0.0628. The number of aromatic nitrogens is 1. The highest BCUT2D eigenvalue weighted by Gasteiger charge is 2.23. The standard InChI is InChI=1S/C21H25N3OS2/c25-20(18-2-4-19(5-3-18)21-26-14-1-15-27-21)24-12-10-23(11-13-24)16-17-6-8-22-9-7-17/h2-9,21H,1,10-16H2. The first-order valence-electron chi connectivity index (χ1n) is 9.53. The summed E-state index contributed by atoms with van der Waals surface area (Å²) in [7, 11) is 0. The molecular weight excluding hydrogens is 374 g/mol. The second kappa shape index (κ2) is 9.13. The molecule has 2 aliphatic rings. The van der Waals surface area contributed by atoms with Crippen LogP contribution in [0.5, 0.6) is 0 Å². The number of pyridine rings is 1. The second-order valence-electron chi connectivity index (χ2n) is 6.97. The van der Waals surface area contributed by atoms with Crippen molar-refractivity contribution in [3.63, 3.8) is 0 Å². The summed E-state index contributed by atoms with van der Waals surface area (Å²) in [6.45, 7) is 4.35. The molecule has 0 radical (unpaired) electrons. The normalized spacial score (nSPS) is 19.2. The van der Waals surface area contributed by atoms with Crippen molar-refractivity contribution in [3.8, 4) is 0 Å². The summed E-state index contributed by atoms with van der Waals surface area (Å²) in [5, 5.41) is 0. The van der Waals surface area contributed by atoms with Gasteiger partial charge in [0, 0.05) is 50.7 Å². The van der Waals surface area contributed by atoms with Crippen molar-refractivity contribution in [1.82, 2.24) is 14.8 Å². The van der Waals surface area contributed by atoms with E-state index in [2.05, 4.69) is 34.1 Å². The Hall–Kier alpha value is -1.50. The molecule has 1 aromatic heterocycles. The molecule has 2 fully saturated rings. The monoisotopic (exact) mass is 399 g/mol. The molecule has 1 aromatic carbocycles. The SMILES string of the molecule is O=C(c1ccc(C2SCCCS2)cc1)N1CCN(Cc2ccncc2)CC1. The molecule has 6 heteroatoms. The summed E-state index contributed by atoms with van der Waals surface area (Å²) in [5.74, 6) is 2.64. The molecule has 0 unspecified atom stereocenters. The van der Waals surface area contributed by atoms with Crippen molar-refractivity contribution < 1.29 is 4.79 Å². The topological polar surface area (TPSA) is 36.4 Å². The number of piperazine rings is 1. The smallest absolute Gasteiger partial charge is 0.253 e. The second-order valence-corrected chi connectivity index (χ2v) is 9.70. The van der Waals surface area contributed by atoms with Gasteiger partial charge in [-0.15, -0.1) is 23.5 Å². The molecule has 1 amide bonds. The average Bonchev–Trinajstić information content (AvgIpc) is 2.75. The quantitative estimate of drug-likeness (QED) is 0.779. The van der Waals surface area contributed by atoms with E-state index in [0.717, 1.165) is 38.3 Å². The van der Waals surface area contributed by atoms with Gasteiger partial charge in [0.1, 0.15) is 0 Å². The average molecular weight is 400 g/mol. The molecule has 0 aliphatic carbocycles. The fraction of sp³-hybridized carbons (Fsp3) is 0.429. The van der Waals surface area contributed by atoms with Crippen LogP contribution in [0.25, 0.3) is 0 Å². The Bertz CT molecular complexity index is 740. The minimum atomic E-state index is 0.161. The Kier molecular flexibility index (Phi) is 6.37. The van der Waals surface area contributed by atoms with Gasteiger partial charge in [0.15, 0.2) is 0 Å². The Morgan fingerprint density at radius 3 is 2.30 bits per heavy atom. The fourth-order valence-corrected chi connectivity index (χ4v) is 6.40. The summed E-state index contributed by atoms with van der Waals surface area (Å²) >= 11 is 4.04. The molecule has 2 aromatic rings. The third-order valence-electron chi connectivity index (χ3n) is 5.07. The molecule has 27 heavy (non-hydrogen) atoms. The third kappa shape index (κ3) is 4.86. The zero-order valence-electron chi connectivity index (χ0n) is 15.4. The lowest BCUT2D eigenvalue weighted by atomic mass is 10.1. The number of amides is 1. The summed E-state index contributed by atoms with van der Waals surface area (Å²) in [6.07, 6.45) is 4.97. The number of hydrogen-bond donors (Lipinski definition) is 0. The Balaban J connectivity index is 1.31. The van der Waals surface area contributed by atoms with E-state index in [1.807, 2.05) is 53.0 Å². The third-order valence-corrected chi connectivity index (χ3v) is 8.09. The van der Waals surface area contributed by atoms with E-state index in [-0.39, 0.29) is 5.91 Å². The van der Waals surface area contributed by atoms with Crippen LogP contribution in [0, 0.1) is 0 Å². The van der Waals surface area contributed by atoms with Crippen LogP contribution in [0.15, 0.2) is 48.8 Å². The van der Waals surface area contributed by atoms with Gasteiger partial charge in [-0.05, 0) is 53.3 Å². The lowest BCUT2D eigenvalue weighted by Gasteiger charge is -2.34. The molecule has 142 valence electrons. The van der Waals surface area contributed by atoms with Crippen LogP contribution < -0.4 is 0 Å². The van der Waals surface area contributed by atoms with Crippen molar-refractivity contribution in [2.75, 3.05) is 37.7 Å². The van der Waals surface area contributed by atoms with E-state index in [1.54, 1.807) is 0 Å². The Labute approximate surface area is 169 Å². The van der Waals surface area contributed by atoms with Crippen LogP contribution in [0.3, 0.4) is 0 Å². The van der Waals surface area contributed by atoms with Crippen LogP contribution in [0.1, 0.15) is 32.5 Å². The van der Waals surface area contributed by atoms with E-state index in [1.165, 1.54) is 29.1 Å². The van der Waals surface area contributed by atoms with E-state index in [0.29, 0.717) is 4.58 Å². The predicted molar refractivity (Wildman–Crippen MR) is 114 cm³/mol. The van der Waals surface area contributed by atoms with Gasteiger partial charge in [0.05, 0.1) is 4.58 Å². The van der Waals surface area contributed by atoms with Crippen LogP contribution >= 0.6 is 23.5 Å². The summed E-state index contributed by atoms with van der Waals surface area (Å²) in [4.78, 5) is 21.3. The number of rotatable bonds is 4. The highest BCUT2D eigenvalue weighted by Crippen LogP contribution is 2.43. The maximum atomic E-state index is 12.8. The Morgan fingerprint density at radius 2 is 1.63 bits per heavy atom. The van der Waals surface area contributed by atoms with Gasteiger partial charge >= 0.3 is 0 Å². The first-order chi connectivity index (χ1) is 13.3. The van der Waals surface area contributed by atoms with Gasteiger partial charge in [-0.2, -0.15) is 0 Å². The zero-order chi connectivity index (χ0) is 18.5. The zero-order valence-corrected chi connectivity index (χ0v) is 17.1. The minimum Gasteiger partial charge on any atom is -0.336 e. The highest BCUT2D eigenvalue weighted by molar-refractivity contribution is 8.16. The van der Waals surface area contributed by atoms with Gasteiger partial charge in [0.2, 0.25) is 0 Å². The highest BCUT2D eigenvalue weighted by atomic mass is 32.2. The molecule has 4 rings (SSSR count). The predicted octanol–water partition coefficient (Wildman–Crippen LogP) is 3.91. The fourth-order valence-electron chi connectivity index (χ4n) is 3.50. The van der Waals surface area contributed by atoms with Gasteiger partial charge in [0.25, 0.3) is 5.91 Å². The molecule has 0 N–H and O–H groups in total.